The summed E-state index contributed by atoms with van der Waals surface area (Å²) in [5.41, 5.74) is 3.27. The summed E-state index contributed by atoms with van der Waals surface area (Å²) in [7, 11) is 1.54. The highest BCUT2D eigenvalue weighted by Crippen LogP contribution is 2.43. The number of halogens is 2. The number of nitrogens with zero attached hydrogens (tertiary/aromatic N) is 4. The van der Waals surface area contributed by atoms with Gasteiger partial charge in [-0.15, -0.1) is 0 Å². The number of nitrogens with one attached hydrogen (secondary N) is 1. The molecule has 0 radical (unpaired) electrons. The smallest absolute Gasteiger partial charge is 0.269 e. The fourth-order valence-corrected chi connectivity index (χ4v) is 5.44. The Hall–Kier alpha value is -3.62. The van der Waals surface area contributed by atoms with Crippen LogP contribution in [-0.4, -0.2) is 53.4 Å². The first-order chi connectivity index (χ1) is 17.4. The number of fused-ring (bicyclic) bond motifs is 2. The zero-order valence-electron chi connectivity index (χ0n) is 20.4. The van der Waals surface area contributed by atoms with Crippen molar-refractivity contribution in [1.29, 1.82) is 0 Å². The van der Waals surface area contributed by atoms with E-state index in [0.29, 0.717) is 55.1 Å². The number of piperidine rings is 1. The molecule has 0 saturated carbocycles. The quantitative estimate of drug-likeness (QED) is 0.568. The zero-order chi connectivity index (χ0) is 25.4. The molecule has 5 rings (SSSR count). The van der Waals surface area contributed by atoms with Gasteiger partial charge in [0, 0.05) is 56.4 Å². The van der Waals surface area contributed by atoms with E-state index < -0.39 is 6.43 Å². The topological polar surface area (TPSA) is 78.4 Å². The molecular formula is C27H29F2N5O2. The third kappa shape index (κ3) is 4.38. The van der Waals surface area contributed by atoms with Gasteiger partial charge >= 0.3 is 0 Å². The molecule has 1 fully saturated rings. The van der Waals surface area contributed by atoms with E-state index in [0.717, 1.165) is 23.8 Å². The summed E-state index contributed by atoms with van der Waals surface area (Å²) in [6.07, 6.45) is 1.99. The average Bonchev–Trinajstić information content (AvgIpc) is 2.90. The van der Waals surface area contributed by atoms with Crippen LogP contribution in [0.2, 0.25) is 0 Å². The maximum atomic E-state index is 14.4. The predicted octanol–water partition coefficient (Wildman–Crippen LogP) is 4.74. The molecule has 2 aromatic heterocycles. The van der Waals surface area contributed by atoms with Crippen molar-refractivity contribution in [2.24, 2.45) is 0 Å². The number of pyridine rings is 2. The van der Waals surface area contributed by atoms with Crippen LogP contribution >= 0.6 is 0 Å². The second-order valence-corrected chi connectivity index (χ2v) is 9.43. The van der Waals surface area contributed by atoms with Crippen LogP contribution < -0.4 is 10.2 Å². The van der Waals surface area contributed by atoms with E-state index in [1.807, 2.05) is 17.0 Å². The summed E-state index contributed by atoms with van der Waals surface area (Å²) in [5.74, 6) is 0.228. The maximum absolute atomic E-state index is 14.4. The van der Waals surface area contributed by atoms with Gasteiger partial charge in [0.05, 0.1) is 5.52 Å². The fraction of sp³-hybridized carbons (Fsp3) is 0.407. The van der Waals surface area contributed by atoms with Crippen LogP contribution in [0.3, 0.4) is 0 Å². The molecule has 1 saturated heterocycles. The second-order valence-electron chi connectivity index (χ2n) is 9.43. The van der Waals surface area contributed by atoms with Gasteiger partial charge in [0.1, 0.15) is 11.5 Å². The van der Waals surface area contributed by atoms with Crippen molar-refractivity contribution in [3.63, 3.8) is 0 Å². The van der Waals surface area contributed by atoms with Crippen LogP contribution in [0.5, 0.6) is 0 Å². The lowest BCUT2D eigenvalue weighted by molar-refractivity contribution is -0.129. The number of alkyl halides is 2. The van der Waals surface area contributed by atoms with Gasteiger partial charge in [-0.1, -0.05) is 6.07 Å². The SMILES string of the molecule is CNC(=O)c1cc2ncccc2c(N2CCCc3cc(C4CCN(C(C)=O)CC4)c(C(F)F)cc32)n1. The fourth-order valence-electron chi connectivity index (χ4n) is 5.44. The molecule has 9 heteroatoms. The first-order valence-electron chi connectivity index (χ1n) is 12.3. The van der Waals surface area contributed by atoms with Gasteiger partial charge in [0.2, 0.25) is 5.91 Å². The lowest BCUT2D eigenvalue weighted by atomic mass is 9.83. The van der Waals surface area contributed by atoms with Crippen LogP contribution in [0.1, 0.15) is 65.7 Å². The standard InChI is InChI=1S/C27H29F2N5O2/c1-16(35)33-11-7-17(8-12-33)20-13-18-5-4-10-34(24(18)14-21(20)25(28)29)26-19-6-3-9-31-22(19)15-23(32-26)27(36)30-2/h3,6,9,13-15,17,25H,4-5,7-8,10-12H2,1-2H3,(H,30,36). The number of hydrogen-bond acceptors (Lipinski definition) is 5. The number of hydrogen-bond donors (Lipinski definition) is 1. The Bertz CT molecular complexity index is 1320. The molecule has 188 valence electrons. The van der Waals surface area contributed by atoms with Crippen molar-refractivity contribution >= 4 is 34.2 Å². The van der Waals surface area contributed by atoms with Crippen LogP contribution in [0.15, 0.2) is 36.5 Å². The Balaban J connectivity index is 1.59. The number of likely N-dealkylation sites (tertiary alicyclic amines) is 1. The number of anilines is 2. The van der Waals surface area contributed by atoms with Crippen molar-refractivity contribution in [3.05, 3.63) is 58.9 Å². The highest BCUT2D eigenvalue weighted by molar-refractivity contribution is 6.00. The third-order valence-electron chi connectivity index (χ3n) is 7.31. The molecule has 0 unspecified atom stereocenters. The van der Waals surface area contributed by atoms with E-state index in [1.165, 1.54) is 0 Å². The van der Waals surface area contributed by atoms with E-state index >= 15 is 0 Å². The summed E-state index contributed by atoms with van der Waals surface area (Å²) in [5, 5.41) is 3.36. The Morgan fingerprint density at radius 3 is 2.61 bits per heavy atom. The molecule has 0 aliphatic carbocycles. The molecule has 36 heavy (non-hydrogen) atoms. The van der Waals surface area contributed by atoms with E-state index in [9.17, 15) is 18.4 Å². The monoisotopic (exact) mass is 493 g/mol. The molecule has 3 aromatic rings. The van der Waals surface area contributed by atoms with Crippen molar-refractivity contribution in [2.75, 3.05) is 31.6 Å². The summed E-state index contributed by atoms with van der Waals surface area (Å²) in [6, 6.07) is 8.89. The van der Waals surface area contributed by atoms with E-state index in [2.05, 4.69) is 15.3 Å². The molecule has 4 heterocycles. The lowest BCUT2D eigenvalue weighted by Gasteiger charge is -2.35. The molecule has 7 nitrogen and oxygen atoms in total. The minimum atomic E-state index is -2.62. The van der Waals surface area contributed by atoms with Crippen LogP contribution in [0.25, 0.3) is 10.9 Å². The Kier molecular flexibility index (Phi) is 6.55. The Labute approximate surface area is 208 Å². The number of carbonyl (C=O) groups is 2. The maximum Gasteiger partial charge on any atom is 0.269 e. The Morgan fingerprint density at radius 1 is 1.14 bits per heavy atom. The predicted molar refractivity (Wildman–Crippen MR) is 134 cm³/mol. The van der Waals surface area contributed by atoms with E-state index in [-0.39, 0.29) is 29.0 Å². The highest BCUT2D eigenvalue weighted by Gasteiger charge is 2.30. The van der Waals surface area contributed by atoms with Gasteiger partial charge in [0.25, 0.3) is 12.3 Å². The number of aromatic nitrogens is 2. The molecule has 2 aliphatic heterocycles. The first-order valence-corrected chi connectivity index (χ1v) is 12.3. The number of carbonyl (C=O) groups excluding carboxylic acids is 2. The minimum Gasteiger partial charge on any atom is -0.354 e. The molecule has 1 aromatic carbocycles. The third-order valence-corrected chi connectivity index (χ3v) is 7.31. The lowest BCUT2D eigenvalue weighted by Crippen LogP contribution is -2.36. The normalized spacial score (nSPS) is 16.4. The van der Waals surface area contributed by atoms with Crippen LogP contribution in [0, 0.1) is 0 Å². The molecule has 2 aliphatic rings. The van der Waals surface area contributed by atoms with Gasteiger partial charge in [-0.25, -0.2) is 13.8 Å². The van der Waals surface area contributed by atoms with Crippen molar-refractivity contribution in [1.82, 2.24) is 20.2 Å². The van der Waals surface area contributed by atoms with E-state index in [4.69, 9.17) is 0 Å². The zero-order valence-corrected chi connectivity index (χ0v) is 20.4. The van der Waals surface area contributed by atoms with Gasteiger partial charge in [0.15, 0.2) is 0 Å². The molecule has 2 amide bonds. The largest absolute Gasteiger partial charge is 0.354 e. The summed E-state index contributed by atoms with van der Waals surface area (Å²) < 4.78 is 28.8. The van der Waals surface area contributed by atoms with Gasteiger partial charge in [-0.2, -0.15) is 0 Å². The van der Waals surface area contributed by atoms with Crippen LogP contribution in [-0.2, 0) is 11.2 Å². The van der Waals surface area contributed by atoms with Crippen molar-refractivity contribution in [2.45, 2.75) is 45.0 Å². The van der Waals surface area contributed by atoms with Crippen LogP contribution in [0.4, 0.5) is 20.3 Å². The average molecular weight is 494 g/mol. The number of benzene rings is 1. The summed E-state index contributed by atoms with van der Waals surface area (Å²) in [6.45, 7) is 3.31. The second kappa shape index (κ2) is 9.79. The number of rotatable bonds is 4. The summed E-state index contributed by atoms with van der Waals surface area (Å²) >= 11 is 0. The number of aryl methyl sites for hydroxylation is 1. The first kappa shape index (κ1) is 24.1. The molecule has 0 bridgehead atoms. The van der Waals surface area contributed by atoms with E-state index in [1.54, 1.807) is 43.3 Å². The Morgan fingerprint density at radius 2 is 1.92 bits per heavy atom. The molecule has 0 atom stereocenters. The summed E-state index contributed by atoms with van der Waals surface area (Å²) in [4.78, 5) is 36.9. The molecule has 0 spiro atoms. The van der Waals surface area contributed by atoms with Crippen molar-refractivity contribution < 1.29 is 18.4 Å². The van der Waals surface area contributed by atoms with Crippen molar-refractivity contribution in [3.8, 4) is 0 Å². The molecular weight excluding hydrogens is 464 g/mol. The van der Waals surface area contributed by atoms with Gasteiger partial charge in [-0.05, 0) is 67.0 Å². The van der Waals surface area contributed by atoms with Gasteiger partial charge in [-0.3, -0.25) is 14.6 Å². The minimum absolute atomic E-state index is 0.00925. The number of amides is 2. The van der Waals surface area contributed by atoms with Gasteiger partial charge < -0.3 is 15.1 Å². The molecule has 1 N–H and O–H groups in total. The highest BCUT2D eigenvalue weighted by atomic mass is 19.3.